The van der Waals surface area contributed by atoms with Crippen molar-refractivity contribution in [2.24, 2.45) is 5.73 Å². The molecule has 0 spiro atoms. The highest BCUT2D eigenvalue weighted by Gasteiger charge is 2.27. The van der Waals surface area contributed by atoms with E-state index in [1.165, 1.54) is 0 Å². The third kappa shape index (κ3) is 2.54. The number of carbonyl (C=O) groups excluding carboxylic acids is 1. The SMILES string of the molecule is CC[C@H](N)C(=O)N1CCS(=O)C(C)C1. The quantitative estimate of drug-likeness (QED) is 0.692. The molecule has 4 nitrogen and oxygen atoms in total. The van der Waals surface area contributed by atoms with E-state index in [1.54, 1.807) is 4.90 Å². The number of rotatable bonds is 2. The van der Waals surface area contributed by atoms with Crippen LogP contribution < -0.4 is 5.73 Å². The Morgan fingerprint density at radius 3 is 2.86 bits per heavy atom. The Balaban J connectivity index is 2.54. The molecular formula is C9H18N2O2S. The van der Waals surface area contributed by atoms with Gasteiger partial charge in [0.1, 0.15) is 0 Å². The van der Waals surface area contributed by atoms with Crippen molar-refractivity contribution in [1.29, 1.82) is 0 Å². The van der Waals surface area contributed by atoms with Gasteiger partial charge in [-0.3, -0.25) is 9.00 Å². The van der Waals surface area contributed by atoms with Crippen LogP contribution in [0.4, 0.5) is 0 Å². The van der Waals surface area contributed by atoms with Gasteiger partial charge in [-0.15, -0.1) is 0 Å². The van der Waals surface area contributed by atoms with Gasteiger partial charge in [0.15, 0.2) is 0 Å². The van der Waals surface area contributed by atoms with Crippen LogP contribution in [0, 0.1) is 0 Å². The Hall–Kier alpha value is -0.420. The van der Waals surface area contributed by atoms with E-state index >= 15 is 0 Å². The smallest absolute Gasteiger partial charge is 0.239 e. The number of nitrogens with zero attached hydrogens (tertiary/aromatic N) is 1. The summed E-state index contributed by atoms with van der Waals surface area (Å²) in [4.78, 5) is 13.4. The highest BCUT2D eigenvalue weighted by atomic mass is 32.2. The highest BCUT2D eigenvalue weighted by molar-refractivity contribution is 7.85. The summed E-state index contributed by atoms with van der Waals surface area (Å²) >= 11 is 0. The Morgan fingerprint density at radius 1 is 1.71 bits per heavy atom. The second-order valence-corrected chi connectivity index (χ2v) is 5.67. The van der Waals surface area contributed by atoms with Crippen molar-refractivity contribution in [2.75, 3.05) is 18.8 Å². The fraction of sp³-hybridized carbons (Fsp3) is 0.889. The van der Waals surface area contributed by atoms with Crippen LogP contribution >= 0.6 is 0 Å². The largest absolute Gasteiger partial charge is 0.339 e. The lowest BCUT2D eigenvalue weighted by Crippen LogP contribution is -2.51. The Labute approximate surface area is 87.3 Å². The van der Waals surface area contributed by atoms with Gasteiger partial charge < -0.3 is 10.6 Å². The number of amides is 1. The van der Waals surface area contributed by atoms with Crippen LogP contribution in [0.3, 0.4) is 0 Å². The van der Waals surface area contributed by atoms with Crippen molar-refractivity contribution in [3.63, 3.8) is 0 Å². The van der Waals surface area contributed by atoms with Gasteiger partial charge in [-0.25, -0.2) is 0 Å². The van der Waals surface area contributed by atoms with E-state index in [0.29, 0.717) is 25.3 Å². The summed E-state index contributed by atoms with van der Waals surface area (Å²) in [6, 6.07) is -0.395. The van der Waals surface area contributed by atoms with Crippen molar-refractivity contribution >= 4 is 16.7 Å². The van der Waals surface area contributed by atoms with Crippen LogP contribution in [0.15, 0.2) is 0 Å². The van der Waals surface area contributed by atoms with Crippen molar-refractivity contribution in [2.45, 2.75) is 31.6 Å². The standard InChI is InChI=1S/C9H18N2O2S/c1-3-8(10)9(12)11-4-5-14(13)7(2)6-11/h7-8H,3-6,10H2,1-2H3/t7?,8-,14?/m0/s1. The van der Waals surface area contributed by atoms with Gasteiger partial charge in [-0.05, 0) is 13.3 Å². The highest BCUT2D eigenvalue weighted by Crippen LogP contribution is 2.09. The maximum atomic E-state index is 11.7. The van der Waals surface area contributed by atoms with Gasteiger partial charge in [0.05, 0.1) is 6.04 Å². The number of nitrogens with two attached hydrogens (primary N) is 1. The molecule has 0 bridgehead atoms. The summed E-state index contributed by atoms with van der Waals surface area (Å²) in [5.74, 6) is 0.583. The maximum absolute atomic E-state index is 11.7. The predicted molar refractivity (Wildman–Crippen MR) is 57.3 cm³/mol. The van der Waals surface area contributed by atoms with Gasteiger partial charge in [-0.1, -0.05) is 6.92 Å². The topological polar surface area (TPSA) is 63.4 Å². The first-order chi connectivity index (χ1) is 6.56. The third-order valence-electron chi connectivity index (χ3n) is 2.56. The van der Waals surface area contributed by atoms with Crippen LogP contribution in [0.1, 0.15) is 20.3 Å². The minimum Gasteiger partial charge on any atom is -0.339 e. The lowest BCUT2D eigenvalue weighted by atomic mass is 10.2. The average Bonchev–Trinajstić information content (AvgIpc) is 2.20. The lowest BCUT2D eigenvalue weighted by molar-refractivity contribution is -0.132. The normalized spacial score (nSPS) is 30.1. The summed E-state index contributed by atoms with van der Waals surface area (Å²) < 4.78 is 11.3. The van der Waals surface area contributed by atoms with Crippen LogP contribution in [0.25, 0.3) is 0 Å². The molecule has 1 heterocycles. The number of hydrogen-bond acceptors (Lipinski definition) is 3. The van der Waals surface area contributed by atoms with E-state index in [4.69, 9.17) is 5.73 Å². The van der Waals surface area contributed by atoms with Crippen molar-refractivity contribution in [3.05, 3.63) is 0 Å². The molecule has 1 rings (SSSR count). The molecule has 1 aliphatic rings. The van der Waals surface area contributed by atoms with Crippen molar-refractivity contribution in [1.82, 2.24) is 4.90 Å². The fourth-order valence-electron chi connectivity index (χ4n) is 1.50. The molecule has 0 aromatic rings. The molecule has 3 atom stereocenters. The zero-order valence-electron chi connectivity index (χ0n) is 8.73. The molecule has 2 unspecified atom stereocenters. The van der Waals surface area contributed by atoms with E-state index in [1.807, 2.05) is 13.8 Å². The maximum Gasteiger partial charge on any atom is 0.239 e. The van der Waals surface area contributed by atoms with E-state index in [0.717, 1.165) is 0 Å². The first-order valence-electron chi connectivity index (χ1n) is 4.97. The summed E-state index contributed by atoms with van der Waals surface area (Å²) in [6.07, 6.45) is 0.660. The number of hydrogen-bond donors (Lipinski definition) is 1. The third-order valence-corrected chi connectivity index (χ3v) is 4.19. The Morgan fingerprint density at radius 2 is 2.36 bits per heavy atom. The molecule has 14 heavy (non-hydrogen) atoms. The van der Waals surface area contributed by atoms with Gasteiger partial charge >= 0.3 is 0 Å². The predicted octanol–water partition coefficient (Wildman–Crippen LogP) is -0.297. The van der Waals surface area contributed by atoms with E-state index in [2.05, 4.69) is 0 Å². The molecule has 0 saturated carbocycles. The van der Waals surface area contributed by atoms with E-state index in [9.17, 15) is 9.00 Å². The summed E-state index contributed by atoms with van der Waals surface area (Å²) in [5, 5.41) is 0.0803. The van der Waals surface area contributed by atoms with Gasteiger partial charge in [-0.2, -0.15) is 0 Å². The van der Waals surface area contributed by atoms with Crippen LogP contribution in [0.5, 0.6) is 0 Å². The molecule has 0 aromatic heterocycles. The first kappa shape index (κ1) is 11.7. The first-order valence-corrected chi connectivity index (χ1v) is 6.36. The Bertz CT molecular complexity index is 245. The zero-order valence-corrected chi connectivity index (χ0v) is 9.55. The molecule has 0 aromatic carbocycles. The summed E-state index contributed by atoms with van der Waals surface area (Å²) in [7, 11) is -0.772. The monoisotopic (exact) mass is 218 g/mol. The molecule has 1 fully saturated rings. The van der Waals surface area contributed by atoms with E-state index in [-0.39, 0.29) is 11.2 Å². The molecule has 0 radical (unpaired) electrons. The minimum absolute atomic E-state index is 0.00366. The summed E-state index contributed by atoms with van der Waals surface area (Å²) in [6.45, 7) is 4.98. The fourth-order valence-corrected chi connectivity index (χ4v) is 2.64. The molecular weight excluding hydrogens is 200 g/mol. The van der Waals surface area contributed by atoms with Gasteiger partial charge in [0.25, 0.3) is 0 Å². The molecule has 1 saturated heterocycles. The molecule has 2 N–H and O–H groups in total. The van der Waals surface area contributed by atoms with Gasteiger partial charge in [0, 0.05) is 34.9 Å². The minimum atomic E-state index is -0.772. The molecule has 82 valence electrons. The lowest BCUT2D eigenvalue weighted by Gasteiger charge is -2.32. The van der Waals surface area contributed by atoms with E-state index < -0.39 is 16.8 Å². The van der Waals surface area contributed by atoms with Crippen LogP contribution in [-0.4, -0.2) is 45.2 Å². The van der Waals surface area contributed by atoms with Crippen LogP contribution in [-0.2, 0) is 15.6 Å². The Kier molecular flexibility index (Phi) is 4.07. The molecule has 0 aliphatic carbocycles. The molecule has 1 amide bonds. The van der Waals surface area contributed by atoms with Crippen molar-refractivity contribution in [3.8, 4) is 0 Å². The average molecular weight is 218 g/mol. The number of carbonyl (C=O) groups is 1. The molecule has 1 aliphatic heterocycles. The van der Waals surface area contributed by atoms with Crippen LogP contribution in [0.2, 0.25) is 0 Å². The summed E-state index contributed by atoms with van der Waals surface area (Å²) in [5.41, 5.74) is 5.66. The second kappa shape index (κ2) is 4.89. The molecule has 5 heteroatoms. The van der Waals surface area contributed by atoms with Gasteiger partial charge in [0.2, 0.25) is 5.91 Å². The zero-order chi connectivity index (χ0) is 10.7. The second-order valence-electron chi connectivity index (χ2n) is 3.69. The van der Waals surface area contributed by atoms with Crippen molar-refractivity contribution < 1.29 is 9.00 Å².